The molecule has 2 N–H and O–H groups in total. The van der Waals surface area contributed by atoms with Crippen molar-refractivity contribution in [2.45, 2.75) is 38.8 Å². The molecule has 1 aliphatic heterocycles. The quantitative estimate of drug-likeness (QED) is 0.746. The molecular formula is C11H22N2O2. The van der Waals surface area contributed by atoms with E-state index in [1.807, 2.05) is 25.8 Å². The van der Waals surface area contributed by atoms with Crippen LogP contribution in [0.1, 0.15) is 26.7 Å². The summed E-state index contributed by atoms with van der Waals surface area (Å²) in [4.78, 5) is 13.8. The number of nitrogens with zero attached hydrogens (tertiary/aromatic N) is 1. The Morgan fingerprint density at radius 1 is 1.67 bits per heavy atom. The summed E-state index contributed by atoms with van der Waals surface area (Å²) >= 11 is 0. The first-order valence-corrected chi connectivity index (χ1v) is 5.66. The molecule has 0 aromatic heterocycles. The van der Waals surface area contributed by atoms with Gasteiger partial charge in [-0.1, -0.05) is 6.92 Å². The zero-order valence-electron chi connectivity index (χ0n) is 9.90. The fourth-order valence-electron chi connectivity index (χ4n) is 2.11. The number of amides is 1. The maximum atomic E-state index is 12.0. The van der Waals surface area contributed by atoms with Crippen LogP contribution < -0.4 is 5.73 Å². The number of rotatable bonds is 4. The predicted molar refractivity (Wildman–Crippen MR) is 59.4 cm³/mol. The molecule has 0 aromatic rings. The van der Waals surface area contributed by atoms with E-state index >= 15 is 0 Å². The van der Waals surface area contributed by atoms with E-state index < -0.39 is 0 Å². The predicted octanol–water partition coefficient (Wildman–Crippen LogP) is 0.607. The second-order valence-corrected chi connectivity index (χ2v) is 4.36. The van der Waals surface area contributed by atoms with Crippen molar-refractivity contribution in [3.05, 3.63) is 0 Å². The van der Waals surface area contributed by atoms with Crippen molar-refractivity contribution in [2.24, 2.45) is 11.7 Å². The largest absolute Gasteiger partial charge is 0.376 e. The van der Waals surface area contributed by atoms with E-state index in [2.05, 4.69) is 0 Å². The summed E-state index contributed by atoms with van der Waals surface area (Å²) in [5.41, 5.74) is 5.45. The van der Waals surface area contributed by atoms with Gasteiger partial charge >= 0.3 is 0 Å². The van der Waals surface area contributed by atoms with Gasteiger partial charge in [-0.2, -0.15) is 0 Å². The summed E-state index contributed by atoms with van der Waals surface area (Å²) < 4.78 is 5.46. The minimum Gasteiger partial charge on any atom is -0.376 e. The van der Waals surface area contributed by atoms with Crippen LogP contribution in [0.25, 0.3) is 0 Å². The number of nitrogens with two attached hydrogens (primary N) is 1. The minimum absolute atomic E-state index is 0.0211. The Morgan fingerprint density at radius 2 is 2.33 bits per heavy atom. The maximum absolute atomic E-state index is 12.0. The zero-order valence-corrected chi connectivity index (χ0v) is 9.90. The third-order valence-corrected chi connectivity index (χ3v) is 3.20. The minimum atomic E-state index is 0.0211. The molecule has 4 nitrogen and oxygen atoms in total. The summed E-state index contributed by atoms with van der Waals surface area (Å²) in [5, 5.41) is 0. The smallest absolute Gasteiger partial charge is 0.225 e. The van der Waals surface area contributed by atoms with E-state index in [-0.39, 0.29) is 24.0 Å². The van der Waals surface area contributed by atoms with Gasteiger partial charge in [0.1, 0.15) is 0 Å². The van der Waals surface area contributed by atoms with E-state index in [9.17, 15) is 4.79 Å². The van der Waals surface area contributed by atoms with Crippen LogP contribution in [0.3, 0.4) is 0 Å². The molecule has 1 heterocycles. The molecule has 0 radical (unpaired) electrons. The van der Waals surface area contributed by atoms with Crippen molar-refractivity contribution in [1.29, 1.82) is 0 Å². The number of carbonyl (C=O) groups is 1. The second kappa shape index (κ2) is 5.47. The molecule has 0 saturated carbocycles. The molecule has 0 aromatic carbocycles. The van der Waals surface area contributed by atoms with Gasteiger partial charge in [0.15, 0.2) is 0 Å². The van der Waals surface area contributed by atoms with Crippen molar-refractivity contribution in [3.8, 4) is 0 Å². The molecule has 3 unspecified atom stereocenters. The van der Waals surface area contributed by atoms with Crippen LogP contribution >= 0.6 is 0 Å². The lowest BCUT2D eigenvalue weighted by molar-refractivity contribution is -0.136. The zero-order chi connectivity index (χ0) is 11.4. The van der Waals surface area contributed by atoms with Crippen molar-refractivity contribution < 1.29 is 9.53 Å². The van der Waals surface area contributed by atoms with Gasteiger partial charge in [-0.05, 0) is 26.3 Å². The number of likely N-dealkylation sites (N-methyl/N-ethyl adjacent to an activating group) is 1. The standard InChI is InChI=1S/C11H22N2O2/c1-8(4-6-12)11(14)13(3)10-5-7-15-9(10)2/h8-10H,4-7,12H2,1-3H3. The second-order valence-electron chi connectivity index (χ2n) is 4.36. The summed E-state index contributed by atoms with van der Waals surface area (Å²) in [6.07, 6.45) is 1.85. The van der Waals surface area contributed by atoms with Crippen LogP contribution in [0.4, 0.5) is 0 Å². The molecule has 1 amide bonds. The van der Waals surface area contributed by atoms with Gasteiger partial charge in [-0.15, -0.1) is 0 Å². The summed E-state index contributed by atoms with van der Waals surface area (Å²) in [6.45, 7) is 5.29. The third kappa shape index (κ3) is 2.92. The Balaban J connectivity index is 2.51. The van der Waals surface area contributed by atoms with E-state index in [0.29, 0.717) is 6.54 Å². The topological polar surface area (TPSA) is 55.6 Å². The number of ether oxygens (including phenoxy) is 1. The highest BCUT2D eigenvalue weighted by atomic mass is 16.5. The molecule has 1 aliphatic rings. The first-order valence-electron chi connectivity index (χ1n) is 5.66. The molecule has 1 fully saturated rings. The highest BCUT2D eigenvalue weighted by molar-refractivity contribution is 5.78. The van der Waals surface area contributed by atoms with Gasteiger partial charge in [-0.3, -0.25) is 4.79 Å². The normalized spacial score (nSPS) is 27.7. The van der Waals surface area contributed by atoms with E-state index in [4.69, 9.17) is 10.5 Å². The number of hydrogen-bond donors (Lipinski definition) is 1. The van der Waals surface area contributed by atoms with E-state index in [1.54, 1.807) is 0 Å². The average molecular weight is 214 g/mol. The van der Waals surface area contributed by atoms with Crippen molar-refractivity contribution in [2.75, 3.05) is 20.2 Å². The van der Waals surface area contributed by atoms with Crippen LogP contribution in [-0.4, -0.2) is 43.2 Å². The Hall–Kier alpha value is -0.610. The molecule has 0 bridgehead atoms. The van der Waals surface area contributed by atoms with Gasteiger partial charge < -0.3 is 15.4 Å². The van der Waals surface area contributed by atoms with Crippen LogP contribution in [0.2, 0.25) is 0 Å². The van der Waals surface area contributed by atoms with Gasteiger partial charge in [0.05, 0.1) is 12.1 Å². The SMILES string of the molecule is CC(CCN)C(=O)N(C)C1CCOC1C. The molecule has 3 atom stereocenters. The molecule has 1 rings (SSSR count). The maximum Gasteiger partial charge on any atom is 0.225 e. The lowest BCUT2D eigenvalue weighted by Crippen LogP contribution is -2.43. The summed E-state index contributed by atoms with van der Waals surface area (Å²) in [6, 6.07) is 0.234. The molecule has 88 valence electrons. The number of carbonyl (C=O) groups excluding carboxylic acids is 1. The Kier molecular flexibility index (Phi) is 4.54. The Labute approximate surface area is 91.8 Å². The first kappa shape index (κ1) is 12.5. The molecule has 15 heavy (non-hydrogen) atoms. The van der Waals surface area contributed by atoms with Gasteiger partial charge in [-0.25, -0.2) is 0 Å². The van der Waals surface area contributed by atoms with Gasteiger partial charge in [0.2, 0.25) is 5.91 Å². The molecule has 0 spiro atoms. The third-order valence-electron chi connectivity index (χ3n) is 3.20. The lowest BCUT2D eigenvalue weighted by atomic mass is 10.0. The van der Waals surface area contributed by atoms with E-state index in [0.717, 1.165) is 19.4 Å². The fourth-order valence-corrected chi connectivity index (χ4v) is 2.11. The molecular weight excluding hydrogens is 192 g/mol. The fraction of sp³-hybridized carbons (Fsp3) is 0.909. The van der Waals surface area contributed by atoms with Crippen LogP contribution in [0.5, 0.6) is 0 Å². The lowest BCUT2D eigenvalue weighted by Gasteiger charge is -2.29. The monoisotopic (exact) mass is 214 g/mol. The molecule has 0 aliphatic carbocycles. The van der Waals surface area contributed by atoms with Gasteiger partial charge in [0.25, 0.3) is 0 Å². The van der Waals surface area contributed by atoms with Crippen molar-refractivity contribution >= 4 is 5.91 Å². The van der Waals surface area contributed by atoms with Crippen LogP contribution in [0, 0.1) is 5.92 Å². The summed E-state index contributed by atoms with van der Waals surface area (Å²) in [5.74, 6) is 0.204. The molecule has 4 heteroatoms. The highest BCUT2D eigenvalue weighted by Gasteiger charge is 2.31. The summed E-state index contributed by atoms with van der Waals surface area (Å²) in [7, 11) is 1.87. The van der Waals surface area contributed by atoms with E-state index in [1.165, 1.54) is 0 Å². The first-order chi connectivity index (χ1) is 7.07. The number of hydrogen-bond acceptors (Lipinski definition) is 3. The van der Waals surface area contributed by atoms with Gasteiger partial charge in [0, 0.05) is 19.6 Å². The Morgan fingerprint density at radius 3 is 2.80 bits per heavy atom. The molecule has 1 saturated heterocycles. The highest BCUT2D eigenvalue weighted by Crippen LogP contribution is 2.20. The van der Waals surface area contributed by atoms with Crippen LogP contribution in [-0.2, 0) is 9.53 Å². The van der Waals surface area contributed by atoms with Crippen molar-refractivity contribution in [1.82, 2.24) is 4.90 Å². The Bertz CT molecular complexity index is 221. The average Bonchev–Trinajstić information content (AvgIpc) is 2.62. The van der Waals surface area contributed by atoms with Crippen molar-refractivity contribution in [3.63, 3.8) is 0 Å². The van der Waals surface area contributed by atoms with Crippen LogP contribution in [0.15, 0.2) is 0 Å².